The van der Waals surface area contributed by atoms with Gasteiger partial charge in [-0.25, -0.2) is 0 Å². The average molecular weight is 221 g/mol. The van der Waals surface area contributed by atoms with Gasteiger partial charge in [-0.1, -0.05) is 0 Å². The van der Waals surface area contributed by atoms with Gasteiger partial charge in [0.15, 0.2) is 0 Å². The van der Waals surface area contributed by atoms with Gasteiger partial charge in [-0.2, -0.15) is 0 Å². The first-order valence-corrected chi connectivity index (χ1v) is 5.98. The monoisotopic (exact) mass is 221 g/mol. The highest BCUT2D eigenvalue weighted by Gasteiger charge is 2.17. The molecule has 0 bridgehead atoms. The van der Waals surface area contributed by atoms with Gasteiger partial charge in [0.05, 0.1) is 12.2 Å². The summed E-state index contributed by atoms with van der Waals surface area (Å²) in [4.78, 5) is 4.12. The Balaban J connectivity index is 1.85. The van der Waals surface area contributed by atoms with Crippen LogP contribution in [0.3, 0.4) is 0 Å². The third-order valence-electron chi connectivity index (χ3n) is 3.09. The van der Waals surface area contributed by atoms with Crippen LogP contribution in [-0.2, 0) is 4.74 Å². The highest BCUT2D eigenvalue weighted by molar-refractivity contribution is 5.17. The van der Waals surface area contributed by atoms with E-state index in [1.165, 1.54) is 0 Å². The number of aliphatic hydroxyl groups excluding tert-OH is 1. The van der Waals surface area contributed by atoms with Crippen molar-refractivity contribution in [2.45, 2.75) is 44.8 Å². The van der Waals surface area contributed by atoms with Crippen LogP contribution in [0.2, 0.25) is 0 Å². The van der Waals surface area contributed by atoms with E-state index in [-0.39, 0.29) is 6.10 Å². The second kappa shape index (κ2) is 5.41. The van der Waals surface area contributed by atoms with Crippen molar-refractivity contribution in [3.8, 4) is 0 Å². The predicted molar refractivity (Wildman–Crippen MR) is 62.1 cm³/mol. The molecule has 0 spiro atoms. The quantitative estimate of drug-likeness (QED) is 0.848. The number of aliphatic hydroxyl groups is 1. The van der Waals surface area contributed by atoms with Gasteiger partial charge in [-0.3, -0.25) is 4.98 Å². The molecule has 1 aromatic rings. The topological polar surface area (TPSA) is 42.4 Å². The summed E-state index contributed by atoms with van der Waals surface area (Å²) in [6, 6.07) is 3.83. The van der Waals surface area contributed by atoms with E-state index < -0.39 is 0 Å². The van der Waals surface area contributed by atoms with Crippen LogP contribution in [-0.4, -0.2) is 22.8 Å². The first-order valence-electron chi connectivity index (χ1n) is 5.98. The van der Waals surface area contributed by atoms with E-state index in [0.717, 1.165) is 43.5 Å². The van der Waals surface area contributed by atoms with E-state index >= 15 is 0 Å². The van der Waals surface area contributed by atoms with Crippen molar-refractivity contribution in [3.63, 3.8) is 0 Å². The molecule has 0 aromatic carbocycles. The summed E-state index contributed by atoms with van der Waals surface area (Å²) in [6.45, 7) is 2.82. The van der Waals surface area contributed by atoms with Gasteiger partial charge in [0.2, 0.25) is 0 Å². The molecule has 0 saturated carbocycles. The van der Waals surface area contributed by atoms with Gasteiger partial charge < -0.3 is 9.84 Å². The molecule has 3 nitrogen and oxygen atoms in total. The highest BCUT2D eigenvalue weighted by Crippen LogP contribution is 2.23. The average Bonchev–Trinajstić information content (AvgIpc) is 2.78. The molecule has 3 heteroatoms. The van der Waals surface area contributed by atoms with Gasteiger partial charge in [0, 0.05) is 18.5 Å². The summed E-state index contributed by atoms with van der Waals surface area (Å²) >= 11 is 0. The molecule has 1 aromatic heterocycles. The zero-order valence-electron chi connectivity index (χ0n) is 9.72. The van der Waals surface area contributed by atoms with Gasteiger partial charge in [0.1, 0.15) is 0 Å². The molecule has 2 heterocycles. The molecule has 16 heavy (non-hydrogen) atoms. The summed E-state index contributed by atoms with van der Waals surface area (Å²) in [6.07, 6.45) is 5.75. The van der Waals surface area contributed by atoms with Crippen molar-refractivity contribution in [3.05, 3.63) is 29.6 Å². The number of aryl methyl sites for hydroxylation is 1. The Labute approximate surface area is 96.5 Å². The fourth-order valence-electron chi connectivity index (χ4n) is 2.16. The lowest BCUT2D eigenvalue weighted by Gasteiger charge is -2.14. The molecule has 1 N–H and O–H groups in total. The standard InChI is InChI=1S/C13H19NO2/c1-10-9-11(6-7-14-10)13(15)5-4-12-3-2-8-16-12/h6-7,9,12-13,15H,2-5,8H2,1H3. The fourth-order valence-corrected chi connectivity index (χ4v) is 2.16. The van der Waals surface area contributed by atoms with Gasteiger partial charge in [-0.15, -0.1) is 0 Å². The zero-order valence-corrected chi connectivity index (χ0v) is 9.72. The molecule has 0 radical (unpaired) electrons. The Bertz CT molecular complexity index is 334. The van der Waals surface area contributed by atoms with E-state index in [1.54, 1.807) is 6.20 Å². The minimum atomic E-state index is -0.383. The van der Waals surface area contributed by atoms with Crippen molar-refractivity contribution in [2.75, 3.05) is 6.61 Å². The molecule has 2 unspecified atom stereocenters. The van der Waals surface area contributed by atoms with Gasteiger partial charge in [-0.05, 0) is 50.3 Å². The molecule has 88 valence electrons. The zero-order chi connectivity index (χ0) is 11.4. The van der Waals surface area contributed by atoms with Crippen LogP contribution in [0.15, 0.2) is 18.3 Å². The number of nitrogens with zero attached hydrogens (tertiary/aromatic N) is 1. The minimum absolute atomic E-state index is 0.359. The summed E-state index contributed by atoms with van der Waals surface area (Å²) in [5, 5.41) is 10.0. The maximum atomic E-state index is 10.0. The molecule has 2 rings (SSSR count). The fraction of sp³-hybridized carbons (Fsp3) is 0.615. The van der Waals surface area contributed by atoms with Crippen LogP contribution >= 0.6 is 0 Å². The summed E-state index contributed by atoms with van der Waals surface area (Å²) < 4.78 is 5.54. The second-order valence-corrected chi connectivity index (χ2v) is 4.46. The van der Waals surface area contributed by atoms with Gasteiger partial charge >= 0.3 is 0 Å². The van der Waals surface area contributed by atoms with Crippen LogP contribution in [0.1, 0.15) is 43.0 Å². The largest absolute Gasteiger partial charge is 0.388 e. The lowest BCUT2D eigenvalue weighted by molar-refractivity contribution is 0.0812. The van der Waals surface area contributed by atoms with Crippen LogP contribution < -0.4 is 0 Å². The first kappa shape index (κ1) is 11.6. The van der Waals surface area contributed by atoms with Crippen molar-refractivity contribution >= 4 is 0 Å². The van der Waals surface area contributed by atoms with Crippen molar-refractivity contribution in [2.24, 2.45) is 0 Å². The van der Waals surface area contributed by atoms with E-state index in [9.17, 15) is 5.11 Å². The second-order valence-electron chi connectivity index (χ2n) is 4.46. The summed E-state index contributed by atoms with van der Waals surface area (Å²) in [7, 11) is 0. The van der Waals surface area contributed by atoms with Crippen LogP contribution in [0.5, 0.6) is 0 Å². The maximum absolute atomic E-state index is 10.0. The molecule has 0 amide bonds. The molecular weight excluding hydrogens is 202 g/mol. The molecular formula is C13H19NO2. The SMILES string of the molecule is Cc1cc(C(O)CCC2CCCO2)ccn1. The van der Waals surface area contributed by atoms with Crippen molar-refractivity contribution in [1.82, 2.24) is 4.98 Å². The number of ether oxygens (including phenoxy) is 1. The van der Waals surface area contributed by atoms with Crippen molar-refractivity contribution in [1.29, 1.82) is 0 Å². The number of hydrogen-bond acceptors (Lipinski definition) is 3. The Morgan fingerprint density at radius 1 is 1.62 bits per heavy atom. The molecule has 1 aliphatic rings. The number of pyridine rings is 1. The minimum Gasteiger partial charge on any atom is -0.388 e. The Morgan fingerprint density at radius 3 is 3.19 bits per heavy atom. The predicted octanol–water partition coefficient (Wildman–Crippen LogP) is 2.38. The third kappa shape index (κ3) is 3.03. The molecule has 1 aliphatic heterocycles. The maximum Gasteiger partial charge on any atom is 0.0792 e. The van der Waals surface area contributed by atoms with E-state index in [1.807, 2.05) is 19.1 Å². The molecule has 1 saturated heterocycles. The lowest BCUT2D eigenvalue weighted by atomic mass is 10.0. The van der Waals surface area contributed by atoms with Crippen LogP contribution in [0, 0.1) is 6.92 Å². The molecule has 0 aliphatic carbocycles. The lowest BCUT2D eigenvalue weighted by Crippen LogP contribution is -2.08. The normalized spacial score (nSPS) is 22.2. The van der Waals surface area contributed by atoms with E-state index in [0.29, 0.717) is 6.10 Å². The smallest absolute Gasteiger partial charge is 0.0792 e. The summed E-state index contributed by atoms with van der Waals surface area (Å²) in [5.41, 5.74) is 1.92. The van der Waals surface area contributed by atoms with Crippen LogP contribution in [0.4, 0.5) is 0 Å². The first-order chi connectivity index (χ1) is 7.75. The molecule has 1 fully saturated rings. The van der Waals surface area contributed by atoms with E-state index in [2.05, 4.69) is 4.98 Å². The Kier molecular flexibility index (Phi) is 3.91. The highest BCUT2D eigenvalue weighted by atomic mass is 16.5. The Hall–Kier alpha value is -0.930. The number of rotatable bonds is 4. The van der Waals surface area contributed by atoms with Crippen molar-refractivity contribution < 1.29 is 9.84 Å². The third-order valence-corrected chi connectivity index (χ3v) is 3.09. The van der Waals surface area contributed by atoms with E-state index in [4.69, 9.17) is 4.74 Å². The number of hydrogen-bond donors (Lipinski definition) is 1. The molecule has 2 atom stereocenters. The van der Waals surface area contributed by atoms with Crippen LogP contribution in [0.25, 0.3) is 0 Å². The van der Waals surface area contributed by atoms with Gasteiger partial charge in [0.25, 0.3) is 0 Å². The Morgan fingerprint density at radius 2 is 2.50 bits per heavy atom. The summed E-state index contributed by atoms with van der Waals surface area (Å²) in [5.74, 6) is 0. The number of aromatic nitrogens is 1.